The lowest BCUT2D eigenvalue weighted by atomic mass is 9.88. The van der Waals surface area contributed by atoms with Crippen molar-refractivity contribution in [2.75, 3.05) is 18.0 Å². The minimum absolute atomic E-state index is 0.281. The average molecular weight is 311 g/mol. The molecule has 1 N–H and O–H groups in total. The molecule has 0 bridgehead atoms. The summed E-state index contributed by atoms with van der Waals surface area (Å²) in [7, 11) is 0. The van der Waals surface area contributed by atoms with Crippen LogP contribution in [0.1, 0.15) is 19.8 Å². The number of anilines is 1. The molecule has 0 spiro atoms. The van der Waals surface area contributed by atoms with Crippen LogP contribution in [0.3, 0.4) is 0 Å². The Kier molecular flexibility index (Phi) is 3.36. The highest BCUT2D eigenvalue weighted by molar-refractivity contribution is 5.91. The summed E-state index contributed by atoms with van der Waals surface area (Å²) < 4.78 is 1.63. The van der Waals surface area contributed by atoms with E-state index in [1.54, 1.807) is 4.57 Å². The molecule has 1 aliphatic carbocycles. The summed E-state index contributed by atoms with van der Waals surface area (Å²) in [5.74, 6) is 1.34. The standard InChI is InChI=1S/C18H21N3O2/c1-2-21-15-8-4-7-14(16(15)17(22)19-18(21)23)20-10-9-12-5-3-6-13(12)11-20/h3-5,7-8,12-13H,2,6,9-11H2,1H3,(H,19,22,23)/t12-,13+/m1/s1. The van der Waals surface area contributed by atoms with E-state index in [1.807, 2.05) is 25.1 Å². The van der Waals surface area contributed by atoms with Crippen molar-refractivity contribution in [2.45, 2.75) is 26.3 Å². The van der Waals surface area contributed by atoms with E-state index in [0.29, 0.717) is 23.8 Å². The highest BCUT2D eigenvalue weighted by Crippen LogP contribution is 2.36. The molecule has 0 unspecified atom stereocenters. The number of nitrogens with one attached hydrogen (secondary N) is 1. The quantitative estimate of drug-likeness (QED) is 0.864. The highest BCUT2D eigenvalue weighted by atomic mass is 16.2. The van der Waals surface area contributed by atoms with Crippen molar-refractivity contribution in [1.82, 2.24) is 9.55 Å². The molecule has 1 saturated heterocycles. The number of aryl methyl sites for hydroxylation is 1. The summed E-state index contributed by atoms with van der Waals surface area (Å²) in [5.41, 5.74) is 1.07. The number of fused-ring (bicyclic) bond motifs is 2. The third-order valence-electron chi connectivity index (χ3n) is 5.28. The molecule has 2 aliphatic rings. The second kappa shape index (κ2) is 5.41. The van der Waals surface area contributed by atoms with Crippen LogP contribution < -0.4 is 16.1 Å². The molecule has 0 radical (unpaired) electrons. The molecule has 5 heteroatoms. The lowest BCUT2D eigenvalue weighted by molar-refractivity contribution is 0.355. The van der Waals surface area contributed by atoms with Crippen LogP contribution in [0, 0.1) is 11.8 Å². The monoisotopic (exact) mass is 311 g/mol. The maximum absolute atomic E-state index is 12.5. The van der Waals surface area contributed by atoms with Crippen LogP contribution in [0.5, 0.6) is 0 Å². The summed E-state index contributed by atoms with van der Waals surface area (Å²) in [6.45, 7) is 4.39. The number of H-pyrrole nitrogens is 1. The number of piperidine rings is 1. The Labute approximate surface area is 134 Å². The van der Waals surface area contributed by atoms with Gasteiger partial charge in [0.05, 0.1) is 16.6 Å². The molecule has 0 amide bonds. The highest BCUT2D eigenvalue weighted by Gasteiger charge is 2.30. The maximum Gasteiger partial charge on any atom is 0.328 e. The van der Waals surface area contributed by atoms with Crippen LogP contribution in [0.15, 0.2) is 39.9 Å². The van der Waals surface area contributed by atoms with Crippen LogP contribution in [-0.4, -0.2) is 22.6 Å². The molecule has 1 aromatic carbocycles. The number of aromatic nitrogens is 2. The second-order valence-electron chi connectivity index (χ2n) is 6.50. The van der Waals surface area contributed by atoms with Crippen molar-refractivity contribution in [3.8, 4) is 0 Å². The summed E-state index contributed by atoms with van der Waals surface area (Å²) in [6, 6.07) is 5.81. The van der Waals surface area contributed by atoms with Gasteiger partial charge in [-0.25, -0.2) is 4.79 Å². The maximum atomic E-state index is 12.5. The van der Waals surface area contributed by atoms with Gasteiger partial charge < -0.3 is 4.90 Å². The van der Waals surface area contributed by atoms with Crippen molar-refractivity contribution in [3.63, 3.8) is 0 Å². The summed E-state index contributed by atoms with van der Waals surface area (Å²) in [6.07, 6.45) is 6.88. The van der Waals surface area contributed by atoms with Crippen LogP contribution in [0.2, 0.25) is 0 Å². The Bertz CT molecular complexity index is 893. The fourth-order valence-electron chi connectivity index (χ4n) is 4.10. The third-order valence-corrected chi connectivity index (χ3v) is 5.28. The first-order valence-electron chi connectivity index (χ1n) is 8.36. The number of rotatable bonds is 2. The van der Waals surface area contributed by atoms with Gasteiger partial charge in [-0.15, -0.1) is 0 Å². The summed E-state index contributed by atoms with van der Waals surface area (Å²) >= 11 is 0. The van der Waals surface area contributed by atoms with E-state index in [0.717, 1.165) is 37.1 Å². The minimum Gasteiger partial charge on any atom is -0.370 e. The molecule has 1 fully saturated rings. The van der Waals surface area contributed by atoms with Gasteiger partial charge in [0, 0.05) is 19.6 Å². The minimum atomic E-state index is -0.333. The first kappa shape index (κ1) is 14.3. The van der Waals surface area contributed by atoms with Gasteiger partial charge in [-0.3, -0.25) is 14.3 Å². The Morgan fingerprint density at radius 1 is 1.30 bits per heavy atom. The molecule has 23 heavy (non-hydrogen) atoms. The number of nitrogens with zero attached hydrogens (tertiary/aromatic N) is 2. The Morgan fingerprint density at radius 3 is 3.00 bits per heavy atom. The normalized spacial score (nSPS) is 23.4. The van der Waals surface area contributed by atoms with Gasteiger partial charge in [-0.05, 0) is 43.7 Å². The number of benzene rings is 1. The fourth-order valence-corrected chi connectivity index (χ4v) is 4.10. The molecule has 120 valence electrons. The van der Waals surface area contributed by atoms with Crippen molar-refractivity contribution in [2.24, 2.45) is 11.8 Å². The van der Waals surface area contributed by atoms with Crippen LogP contribution >= 0.6 is 0 Å². The molecule has 0 saturated carbocycles. The van der Waals surface area contributed by atoms with Crippen molar-refractivity contribution >= 4 is 16.6 Å². The zero-order chi connectivity index (χ0) is 16.0. The average Bonchev–Trinajstić information content (AvgIpc) is 3.02. The van der Waals surface area contributed by atoms with Gasteiger partial charge in [-0.1, -0.05) is 18.2 Å². The molecule has 2 heterocycles. The summed E-state index contributed by atoms with van der Waals surface area (Å²) in [4.78, 5) is 29.2. The zero-order valence-corrected chi connectivity index (χ0v) is 13.3. The predicted octanol–water partition coefficient (Wildman–Crippen LogP) is 2.11. The smallest absolute Gasteiger partial charge is 0.328 e. The predicted molar refractivity (Wildman–Crippen MR) is 92.1 cm³/mol. The van der Waals surface area contributed by atoms with Crippen molar-refractivity contribution in [1.29, 1.82) is 0 Å². The first-order chi connectivity index (χ1) is 11.2. The van der Waals surface area contributed by atoms with Crippen LogP contribution in [-0.2, 0) is 6.54 Å². The van der Waals surface area contributed by atoms with E-state index in [-0.39, 0.29) is 11.2 Å². The first-order valence-corrected chi connectivity index (χ1v) is 8.36. The van der Waals surface area contributed by atoms with Gasteiger partial charge >= 0.3 is 5.69 Å². The van der Waals surface area contributed by atoms with Crippen molar-refractivity contribution in [3.05, 3.63) is 51.2 Å². The molecule has 2 aromatic rings. The number of hydrogen-bond acceptors (Lipinski definition) is 3. The molecule has 4 rings (SSSR count). The van der Waals surface area contributed by atoms with Crippen LogP contribution in [0.4, 0.5) is 5.69 Å². The van der Waals surface area contributed by atoms with Gasteiger partial charge in [0.25, 0.3) is 5.56 Å². The van der Waals surface area contributed by atoms with Gasteiger partial charge in [0.2, 0.25) is 0 Å². The van der Waals surface area contributed by atoms with Gasteiger partial charge in [-0.2, -0.15) is 0 Å². The summed E-state index contributed by atoms with van der Waals surface area (Å²) in [5, 5.41) is 0.637. The van der Waals surface area contributed by atoms with E-state index in [2.05, 4.69) is 22.0 Å². The molecular weight excluding hydrogens is 290 g/mol. The van der Waals surface area contributed by atoms with Gasteiger partial charge in [0.15, 0.2) is 0 Å². The van der Waals surface area contributed by atoms with E-state index < -0.39 is 0 Å². The lowest BCUT2D eigenvalue weighted by Crippen LogP contribution is -2.39. The molecule has 1 aromatic heterocycles. The van der Waals surface area contributed by atoms with E-state index >= 15 is 0 Å². The number of hydrogen-bond donors (Lipinski definition) is 1. The van der Waals surface area contributed by atoms with E-state index in [9.17, 15) is 9.59 Å². The van der Waals surface area contributed by atoms with E-state index in [1.165, 1.54) is 0 Å². The zero-order valence-electron chi connectivity index (χ0n) is 13.3. The SMILES string of the molecule is CCn1c(=O)[nH]c(=O)c2c(N3CC[C@H]4C=CC[C@H]4C3)cccc21. The molecular formula is C18H21N3O2. The fraction of sp³-hybridized carbons (Fsp3) is 0.444. The molecule has 2 atom stereocenters. The third kappa shape index (κ3) is 2.22. The Hall–Kier alpha value is -2.30. The molecule has 5 nitrogen and oxygen atoms in total. The molecule has 1 aliphatic heterocycles. The van der Waals surface area contributed by atoms with E-state index in [4.69, 9.17) is 0 Å². The Balaban J connectivity index is 1.85. The lowest BCUT2D eigenvalue weighted by Gasteiger charge is -2.37. The van der Waals surface area contributed by atoms with Crippen molar-refractivity contribution < 1.29 is 0 Å². The largest absolute Gasteiger partial charge is 0.370 e. The second-order valence-corrected chi connectivity index (χ2v) is 6.50. The number of allylic oxidation sites excluding steroid dienone is 2. The van der Waals surface area contributed by atoms with Crippen LogP contribution in [0.25, 0.3) is 10.9 Å². The van der Waals surface area contributed by atoms with Gasteiger partial charge in [0.1, 0.15) is 0 Å². The Morgan fingerprint density at radius 2 is 2.17 bits per heavy atom. The topological polar surface area (TPSA) is 58.1 Å². The number of aromatic amines is 1.